The Morgan fingerprint density at radius 3 is 1.96 bits per heavy atom. The van der Waals surface area contributed by atoms with Gasteiger partial charge in [-0.05, 0) is 24.3 Å². The molecule has 0 aliphatic carbocycles. The summed E-state index contributed by atoms with van der Waals surface area (Å²) in [5, 5.41) is 0. The Morgan fingerprint density at radius 1 is 0.840 bits per heavy atom. The maximum absolute atomic E-state index is 12.7. The van der Waals surface area contributed by atoms with E-state index in [2.05, 4.69) is 9.44 Å². The van der Waals surface area contributed by atoms with E-state index in [0.29, 0.717) is 5.75 Å². The molecule has 2 N–H and O–H groups in total. The van der Waals surface area contributed by atoms with Gasteiger partial charge in [-0.3, -0.25) is 9.44 Å². The number of hydrogen-bond donors (Lipinski definition) is 2. The summed E-state index contributed by atoms with van der Waals surface area (Å²) < 4.78 is 63.0. The van der Waals surface area contributed by atoms with Crippen molar-refractivity contribution in [1.82, 2.24) is 0 Å². The number of rotatable bonds is 7. The third kappa shape index (κ3) is 4.77. The normalized spacial score (nSPS) is 11.6. The van der Waals surface area contributed by atoms with Crippen LogP contribution in [0, 0.1) is 0 Å². The lowest BCUT2D eigenvalue weighted by molar-refractivity contribution is 0.386. The summed E-state index contributed by atoms with van der Waals surface area (Å²) >= 11 is 0. The van der Waals surface area contributed by atoms with Crippen LogP contribution in [0.4, 0.5) is 11.4 Å². The Balaban J connectivity index is 2.44. The van der Waals surface area contributed by atoms with E-state index in [1.807, 2.05) is 0 Å². The molecule has 0 bridgehead atoms. The fourth-order valence-electron chi connectivity index (χ4n) is 2.06. The maximum Gasteiger partial charge on any atom is 0.265 e. The second-order valence-electron chi connectivity index (χ2n) is 5.04. The molecule has 0 amide bonds. The first-order chi connectivity index (χ1) is 11.7. The van der Waals surface area contributed by atoms with Gasteiger partial charge in [0.15, 0.2) is 0 Å². The van der Waals surface area contributed by atoms with Crippen LogP contribution >= 0.6 is 0 Å². The third-order valence-electron chi connectivity index (χ3n) is 3.13. The van der Waals surface area contributed by atoms with Crippen LogP contribution in [0.1, 0.15) is 0 Å². The highest BCUT2D eigenvalue weighted by Gasteiger charge is 2.22. The van der Waals surface area contributed by atoms with Crippen LogP contribution in [0.3, 0.4) is 0 Å². The number of para-hydroxylation sites is 2. The molecule has 0 unspecified atom stereocenters. The van der Waals surface area contributed by atoms with Crippen molar-refractivity contribution >= 4 is 31.4 Å². The van der Waals surface area contributed by atoms with Crippen LogP contribution in [-0.4, -0.2) is 37.3 Å². The molecule has 0 aromatic heterocycles. The van der Waals surface area contributed by atoms with Gasteiger partial charge in [-0.2, -0.15) is 0 Å². The minimum atomic E-state index is -4.02. The zero-order chi connectivity index (χ0) is 18.7. The van der Waals surface area contributed by atoms with E-state index in [1.54, 1.807) is 12.1 Å². The predicted octanol–water partition coefficient (Wildman–Crippen LogP) is 1.88. The molecule has 0 spiro atoms. The van der Waals surface area contributed by atoms with Crippen molar-refractivity contribution in [3.63, 3.8) is 0 Å². The van der Waals surface area contributed by atoms with E-state index < -0.39 is 20.0 Å². The Bertz CT molecular complexity index is 971. The van der Waals surface area contributed by atoms with Crippen molar-refractivity contribution in [2.45, 2.75) is 4.90 Å². The molecule has 0 fully saturated rings. The molecule has 8 nitrogen and oxygen atoms in total. The van der Waals surface area contributed by atoms with Crippen molar-refractivity contribution in [3.05, 3.63) is 42.5 Å². The van der Waals surface area contributed by atoms with Crippen LogP contribution in [0.5, 0.6) is 11.5 Å². The number of ether oxygens (including phenoxy) is 2. The zero-order valence-corrected chi connectivity index (χ0v) is 15.4. The fourth-order valence-corrected chi connectivity index (χ4v) is 3.87. The van der Waals surface area contributed by atoms with Gasteiger partial charge in [0, 0.05) is 6.07 Å². The van der Waals surface area contributed by atoms with E-state index in [9.17, 15) is 16.8 Å². The SMILES string of the molecule is COc1ccc(S(=O)(=O)Nc2ccccc2NS(C)(=O)=O)c(OC)c1. The van der Waals surface area contributed by atoms with Gasteiger partial charge >= 0.3 is 0 Å². The molecule has 0 aliphatic heterocycles. The summed E-state index contributed by atoms with van der Waals surface area (Å²) in [7, 11) is -4.80. The molecule has 2 aromatic rings. The molecular formula is C15H18N2O6S2. The van der Waals surface area contributed by atoms with Gasteiger partial charge in [0.05, 0.1) is 31.9 Å². The third-order valence-corrected chi connectivity index (χ3v) is 5.12. The van der Waals surface area contributed by atoms with Crippen molar-refractivity contribution in [3.8, 4) is 11.5 Å². The summed E-state index contributed by atoms with van der Waals surface area (Å²) in [5.41, 5.74) is 0.201. The molecule has 0 atom stereocenters. The number of methoxy groups -OCH3 is 2. The molecule has 2 rings (SSSR count). The standard InChI is InChI=1S/C15H18N2O6S2/c1-22-11-8-9-15(14(10-11)23-2)25(20,21)17-13-7-5-4-6-12(13)16-24(3,18)19/h4-10,16-17H,1-3H3. The lowest BCUT2D eigenvalue weighted by atomic mass is 10.3. The number of benzene rings is 2. The number of nitrogens with one attached hydrogen (secondary N) is 2. The summed E-state index contributed by atoms with van der Waals surface area (Å²) in [5.74, 6) is 0.537. The topological polar surface area (TPSA) is 111 Å². The fraction of sp³-hybridized carbons (Fsp3) is 0.200. The molecular weight excluding hydrogens is 368 g/mol. The monoisotopic (exact) mass is 386 g/mol. The first kappa shape index (κ1) is 18.9. The van der Waals surface area contributed by atoms with Crippen LogP contribution in [-0.2, 0) is 20.0 Å². The highest BCUT2D eigenvalue weighted by molar-refractivity contribution is 7.93. The van der Waals surface area contributed by atoms with Gasteiger partial charge in [0.25, 0.3) is 10.0 Å². The first-order valence-electron chi connectivity index (χ1n) is 6.98. The first-order valence-corrected chi connectivity index (χ1v) is 10.4. The number of hydrogen-bond acceptors (Lipinski definition) is 6. The molecule has 2 aromatic carbocycles. The lowest BCUT2D eigenvalue weighted by Gasteiger charge is -2.15. The van der Waals surface area contributed by atoms with Crippen LogP contribution in [0.25, 0.3) is 0 Å². The second-order valence-corrected chi connectivity index (χ2v) is 8.44. The average molecular weight is 386 g/mol. The van der Waals surface area contributed by atoms with Gasteiger partial charge in [-0.15, -0.1) is 0 Å². The van der Waals surface area contributed by atoms with Gasteiger partial charge < -0.3 is 9.47 Å². The van der Waals surface area contributed by atoms with E-state index in [4.69, 9.17) is 9.47 Å². The van der Waals surface area contributed by atoms with Gasteiger partial charge in [-0.1, -0.05) is 12.1 Å². The van der Waals surface area contributed by atoms with Crippen LogP contribution in [0.2, 0.25) is 0 Å². The molecule has 0 heterocycles. The number of sulfonamides is 2. The largest absolute Gasteiger partial charge is 0.497 e. The Hall–Kier alpha value is -2.46. The van der Waals surface area contributed by atoms with Crippen LogP contribution < -0.4 is 18.9 Å². The van der Waals surface area contributed by atoms with Crippen LogP contribution in [0.15, 0.2) is 47.4 Å². The molecule has 25 heavy (non-hydrogen) atoms. The van der Waals surface area contributed by atoms with Crippen molar-refractivity contribution in [2.75, 3.05) is 29.9 Å². The van der Waals surface area contributed by atoms with Gasteiger partial charge in [0.1, 0.15) is 16.4 Å². The Labute approximate surface area is 146 Å². The maximum atomic E-state index is 12.7. The van der Waals surface area contributed by atoms with Crippen molar-refractivity contribution < 1.29 is 26.3 Å². The Kier molecular flexibility index (Phi) is 5.43. The highest BCUT2D eigenvalue weighted by atomic mass is 32.2. The second kappa shape index (κ2) is 7.19. The molecule has 136 valence electrons. The van der Waals surface area contributed by atoms with Gasteiger partial charge in [-0.25, -0.2) is 16.8 Å². The summed E-state index contributed by atoms with van der Waals surface area (Å²) in [6.45, 7) is 0. The quantitative estimate of drug-likeness (QED) is 0.752. The van der Waals surface area contributed by atoms with E-state index in [1.165, 1.54) is 44.6 Å². The highest BCUT2D eigenvalue weighted by Crippen LogP contribution is 2.31. The summed E-state index contributed by atoms with van der Waals surface area (Å²) in [6, 6.07) is 10.3. The molecule has 0 saturated carbocycles. The molecule has 0 aliphatic rings. The van der Waals surface area contributed by atoms with E-state index in [0.717, 1.165) is 6.26 Å². The zero-order valence-electron chi connectivity index (χ0n) is 13.8. The lowest BCUT2D eigenvalue weighted by Crippen LogP contribution is -2.17. The predicted molar refractivity (Wildman–Crippen MR) is 95.3 cm³/mol. The number of anilines is 2. The minimum absolute atomic E-state index is 0.0887. The van der Waals surface area contributed by atoms with Gasteiger partial charge in [0.2, 0.25) is 10.0 Å². The summed E-state index contributed by atoms with van der Waals surface area (Å²) in [6.07, 6.45) is 0.977. The van der Waals surface area contributed by atoms with E-state index in [-0.39, 0.29) is 22.0 Å². The molecule has 0 saturated heterocycles. The average Bonchev–Trinajstić information content (AvgIpc) is 2.54. The summed E-state index contributed by atoms with van der Waals surface area (Å²) in [4.78, 5) is -0.107. The van der Waals surface area contributed by atoms with Crippen molar-refractivity contribution in [1.29, 1.82) is 0 Å². The Morgan fingerprint density at radius 2 is 1.44 bits per heavy atom. The smallest absolute Gasteiger partial charge is 0.265 e. The van der Waals surface area contributed by atoms with E-state index >= 15 is 0 Å². The minimum Gasteiger partial charge on any atom is -0.497 e. The van der Waals surface area contributed by atoms with Crippen molar-refractivity contribution in [2.24, 2.45) is 0 Å². The molecule has 10 heteroatoms. The molecule has 0 radical (unpaired) electrons.